The van der Waals surface area contributed by atoms with E-state index in [4.69, 9.17) is 17.3 Å². The fraction of sp³-hybridized carbons (Fsp3) is 0.200. The molecule has 2 aromatic rings. The van der Waals surface area contributed by atoms with Crippen LogP contribution < -0.4 is 5.73 Å². The second-order valence-electron chi connectivity index (χ2n) is 4.33. The maximum atomic E-state index is 12.2. The van der Waals surface area contributed by atoms with E-state index in [1.807, 2.05) is 48.5 Å². The Labute approximate surface area is 121 Å². The summed E-state index contributed by atoms with van der Waals surface area (Å²) in [5, 5.41) is 0.697. The Balaban J connectivity index is 2.03. The topological polar surface area (TPSA) is 43.1 Å². The third-order valence-electron chi connectivity index (χ3n) is 2.90. The first-order valence-corrected chi connectivity index (χ1v) is 7.92. The van der Waals surface area contributed by atoms with Crippen molar-refractivity contribution < 1.29 is 4.21 Å². The Morgan fingerprint density at radius 1 is 0.947 bits per heavy atom. The van der Waals surface area contributed by atoms with Crippen LogP contribution in [0.4, 0.5) is 0 Å². The molecule has 0 aliphatic rings. The highest BCUT2D eigenvalue weighted by Gasteiger charge is 2.06. The van der Waals surface area contributed by atoms with E-state index < -0.39 is 10.8 Å². The summed E-state index contributed by atoms with van der Waals surface area (Å²) >= 11 is 5.83. The van der Waals surface area contributed by atoms with Gasteiger partial charge in [0.15, 0.2) is 0 Å². The standard InChI is InChI=1S/C15H16ClNOS/c16-15-7-5-12(6-8-15)10-19(18)11-14-4-2-1-3-13(14)9-17/h1-8H,9-11,17H2. The molecule has 0 aliphatic heterocycles. The predicted molar refractivity (Wildman–Crippen MR) is 81.3 cm³/mol. The van der Waals surface area contributed by atoms with Crippen molar-refractivity contribution in [2.75, 3.05) is 0 Å². The molecule has 0 fully saturated rings. The molecule has 19 heavy (non-hydrogen) atoms. The van der Waals surface area contributed by atoms with Gasteiger partial charge >= 0.3 is 0 Å². The Morgan fingerprint density at radius 3 is 2.21 bits per heavy atom. The van der Waals surface area contributed by atoms with Gasteiger partial charge < -0.3 is 5.73 Å². The van der Waals surface area contributed by atoms with E-state index in [9.17, 15) is 4.21 Å². The van der Waals surface area contributed by atoms with Gasteiger partial charge in [-0.15, -0.1) is 0 Å². The van der Waals surface area contributed by atoms with Crippen molar-refractivity contribution in [3.63, 3.8) is 0 Å². The van der Waals surface area contributed by atoms with E-state index in [2.05, 4.69) is 0 Å². The normalized spacial score (nSPS) is 12.3. The molecule has 2 aromatic carbocycles. The molecular weight excluding hydrogens is 278 g/mol. The lowest BCUT2D eigenvalue weighted by Gasteiger charge is -2.07. The van der Waals surface area contributed by atoms with Crippen LogP contribution in [0.5, 0.6) is 0 Å². The Hall–Kier alpha value is -1.16. The van der Waals surface area contributed by atoms with Crippen molar-refractivity contribution in [2.24, 2.45) is 5.73 Å². The van der Waals surface area contributed by atoms with Gasteiger partial charge in [-0.1, -0.05) is 48.0 Å². The number of benzene rings is 2. The van der Waals surface area contributed by atoms with Crippen LogP contribution in [-0.2, 0) is 28.9 Å². The number of nitrogens with two attached hydrogens (primary N) is 1. The van der Waals surface area contributed by atoms with Crippen LogP contribution in [0.1, 0.15) is 16.7 Å². The molecule has 4 heteroatoms. The second-order valence-corrected chi connectivity index (χ2v) is 6.22. The molecule has 0 radical (unpaired) electrons. The molecule has 0 aliphatic carbocycles. The lowest BCUT2D eigenvalue weighted by molar-refractivity contribution is 0.682. The summed E-state index contributed by atoms with van der Waals surface area (Å²) in [6, 6.07) is 15.3. The van der Waals surface area contributed by atoms with Gasteiger partial charge in [0.05, 0.1) is 0 Å². The summed E-state index contributed by atoms with van der Waals surface area (Å²) < 4.78 is 12.2. The first kappa shape index (κ1) is 14.3. The lowest BCUT2D eigenvalue weighted by Crippen LogP contribution is -2.05. The van der Waals surface area contributed by atoms with Gasteiger partial charge in [0.2, 0.25) is 0 Å². The van der Waals surface area contributed by atoms with E-state index in [1.165, 1.54) is 0 Å². The number of hydrogen-bond acceptors (Lipinski definition) is 2. The van der Waals surface area contributed by atoms with Gasteiger partial charge in [-0.2, -0.15) is 0 Å². The van der Waals surface area contributed by atoms with Gasteiger partial charge in [-0.05, 0) is 28.8 Å². The highest BCUT2D eigenvalue weighted by Crippen LogP contribution is 2.15. The summed E-state index contributed by atoms with van der Waals surface area (Å²) in [6.07, 6.45) is 0. The van der Waals surface area contributed by atoms with Crippen LogP contribution in [0.15, 0.2) is 48.5 Å². The maximum absolute atomic E-state index is 12.2. The summed E-state index contributed by atoms with van der Waals surface area (Å²) in [7, 11) is -0.939. The average Bonchev–Trinajstić information content (AvgIpc) is 2.42. The number of hydrogen-bond donors (Lipinski definition) is 1. The smallest absolute Gasteiger partial charge is 0.0492 e. The minimum Gasteiger partial charge on any atom is -0.326 e. The van der Waals surface area contributed by atoms with Crippen LogP contribution in [0, 0.1) is 0 Å². The fourth-order valence-electron chi connectivity index (χ4n) is 1.89. The van der Waals surface area contributed by atoms with E-state index in [0.717, 1.165) is 16.7 Å². The number of halogens is 1. The zero-order valence-electron chi connectivity index (χ0n) is 10.5. The molecule has 0 saturated carbocycles. The minimum atomic E-state index is -0.939. The Morgan fingerprint density at radius 2 is 1.58 bits per heavy atom. The monoisotopic (exact) mass is 293 g/mol. The van der Waals surface area contributed by atoms with Crippen molar-refractivity contribution in [1.82, 2.24) is 0 Å². The second kappa shape index (κ2) is 6.85. The van der Waals surface area contributed by atoms with Crippen LogP contribution in [-0.4, -0.2) is 4.21 Å². The van der Waals surface area contributed by atoms with E-state index in [-0.39, 0.29) is 0 Å². The van der Waals surface area contributed by atoms with Crippen molar-refractivity contribution >= 4 is 22.4 Å². The summed E-state index contributed by atoms with van der Waals surface area (Å²) in [5.74, 6) is 1.08. The number of rotatable bonds is 5. The lowest BCUT2D eigenvalue weighted by atomic mass is 10.1. The molecule has 2 nitrogen and oxygen atoms in total. The highest BCUT2D eigenvalue weighted by molar-refractivity contribution is 7.83. The van der Waals surface area contributed by atoms with Gasteiger partial charge in [-0.3, -0.25) is 4.21 Å². The molecule has 2 rings (SSSR count). The van der Waals surface area contributed by atoms with Crippen molar-refractivity contribution in [2.45, 2.75) is 18.1 Å². The van der Waals surface area contributed by atoms with Crippen molar-refractivity contribution in [3.8, 4) is 0 Å². The molecule has 0 amide bonds. The fourth-order valence-corrected chi connectivity index (χ4v) is 3.31. The minimum absolute atomic E-state index is 0.480. The molecule has 1 atom stereocenters. The quantitative estimate of drug-likeness (QED) is 0.919. The zero-order chi connectivity index (χ0) is 13.7. The van der Waals surface area contributed by atoms with Crippen LogP contribution in [0.2, 0.25) is 5.02 Å². The molecule has 100 valence electrons. The van der Waals surface area contributed by atoms with E-state index >= 15 is 0 Å². The SMILES string of the molecule is NCc1ccccc1CS(=O)Cc1ccc(Cl)cc1. The first-order valence-electron chi connectivity index (χ1n) is 6.05. The van der Waals surface area contributed by atoms with Gasteiger partial charge in [0, 0.05) is 33.9 Å². The van der Waals surface area contributed by atoms with Gasteiger partial charge in [0.1, 0.15) is 0 Å². The van der Waals surface area contributed by atoms with Crippen molar-refractivity contribution in [3.05, 3.63) is 70.2 Å². The third kappa shape index (κ3) is 4.16. The molecule has 0 aromatic heterocycles. The molecule has 2 N–H and O–H groups in total. The molecule has 0 heterocycles. The average molecular weight is 294 g/mol. The van der Waals surface area contributed by atoms with Crippen molar-refractivity contribution in [1.29, 1.82) is 0 Å². The largest absolute Gasteiger partial charge is 0.326 e. The van der Waals surface area contributed by atoms with Crippen LogP contribution in [0.25, 0.3) is 0 Å². The summed E-state index contributed by atoms with van der Waals surface area (Å²) in [6.45, 7) is 0.480. The highest BCUT2D eigenvalue weighted by atomic mass is 35.5. The van der Waals surface area contributed by atoms with Crippen LogP contribution in [0.3, 0.4) is 0 Å². The molecule has 0 saturated heterocycles. The van der Waals surface area contributed by atoms with Gasteiger partial charge in [-0.25, -0.2) is 0 Å². The summed E-state index contributed by atoms with van der Waals surface area (Å²) in [4.78, 5) is 0. The van der Waals surface area contributed by atoms with E-state index in [0.29, 0.717) is 23.1 Å². The van der Waals surface area contributed by atoms with Gasteiger partial charge in [0.25, 0.3) is 0 Å². The zero-order valence-corrected chi connectivity index (χ0v) is 12.1. The van der Waals surface area contributed by atoms with E-state index in [1.54, 1.807) is 0 Å². The van der Waals surface area contributed by atoms with Crippen LogP contribution >= 0.6 is 11.6 Å². The molecular formula is C15H16ClNOS. The first-order chi connectivity index (χ1) is 9.19. The maximum Gasteiger partial charge on any atom is 0.0492 e. The Kier molecular flexibility index (Phi) is 5.14. The molecule has 0 bridgehead atoms. The third-order valence-corrected chi connectivity index (χ3v) is 4.44. The molecule has 1 unspecified atom stereocenters. The molecule has 0 spiro atoms. The predicted octanol–water partition coefficient (Wildman–Crippen LogP) is 3.25. The summed E-state index contributed by atoms with van der Waals surface area (Å²) in [5.41, 5.74) is 8.85. The Bertz CT molecular complexity index is 569.